The fourth-order valence-electron chi connectivity index (χ4n) is 3.29. The van der Waals surface area contributed by atoms with Crippen LogP contribution in [0.2, 0.25) is 0 Å². The molecule has 1 amide bonds. The second-order valence-corrected chi connectivity index (χ2v) is 7.39. The monoisotopic (exact) mass is 375 g/mol. The molecule has 2 aromatic rings. The molecule has 2 aliphatic rings. The van der Waals surface area contributed by atoms with Crippen LogP contribution in [0.1, 0.15) is 39.0 Å². The van der Waals surface area contributed by atoms with Crippen molar-refractivity contribution in [2.45, 2.75) is 56.5 Å². The number of tetrazole rings is 1. The SMILES string of the molecule is CCn1nnnc1SCC(=O)Nc1ccc2c(c1)OC1(CCCCC1)O2. The molecule has 1 aliphatic carbocycles. The standard InChI is InChI=1S/C17H21N5O3S/c1-2-22-16(19-20-21-22)26-11-15(23)18-12-6-7-13-14(10-12)25-17(24-13)8-4-3-5-9-17/h6-7,10H,2-5,8-9,11H2,1H3,(H,18,23). The van der Waals surface area contributed by atoms with Crippen molar-refractivity contribution in [3.8, 4) is 11.5 Å². The van der Waals surface area contributed by atoms with E-state index in [1.807, 2.05) is 25.1 Å². The Bertz CT molecular complexity index is 803. The van der Waals surface area contributed by atoms with Crippen molar-refractivity contribution < 1.29 is 14.3 Å². The van der Waals surface area contributed by atoms with Gasteiger partial charge in [0.1, 0.15) is 0 Å². The van der Waals surface area contributed by atoms with E-state index in [0.29, 0.717) is 23.1 Å². The number of aromatic nitrogens is 4. The Morgan fingerprint density at radius 1 is 1.27 bits per heavy atom. The number of carbonyl (C=O) groups excluding carboxylic acids is 1. The van der Waals surface area contributed by atoms with Gasteiger partial charge in [0.2, 0.25) is 11.1 Å². The molecule has 2 heterocycles. The third-order valence-corrected chi connectivity index (χ3v) is 5.52. The van der Waals surface area contributed by atoms with Crippen LogP contribution in [-0.4, -0.2) is 37.7 Å². The number of hydrogen-bond donors (Lipinski definition) is 1. The van der Waals surface area contributed by atoms with Gasteiger partial charge in [-0.1, -0.05) is 18.2 Å². The second kappa shape index (κ2) is 7.14. The summed E-state index contributed by atoms with van der Waals surface area (Å²) in [6, 6.07) is 5.53. The lowest BCUT2D eigenvalue weighted by Gasteiger charge is -2.31. The van der Waals surface area contributed by atoms with Crippen LogP contribution in [0.3, 0.4) is 0 Å². The van der Waals surface area contributed by atoms with Crippen molar-refractivity contribution >= 4 is 23.4 Å². The van der Waals surface area contributed by atoms with E-state index in [4.69, 9.17) is 9.47 Å². The number of benzene rings is 1. The first-order chi connectivity index (χ1) is 12.7. The maximum Gasteiger partial charge on any atom is 0.251 e. The molecule has 138 valence electrons. The van der Waals surface area contributed by atoms with E-state index in [1.165, 1.54) is 18.2 Å². The molecule has 1 aliphatic heterocycles. The number of anilines is 1. The molecule has 1 saturated carbocycles. The summed E-state index contributed by atoms with van der Waals surface area (Å²) < 4.78 is 13.8. The predicted molar refractivity (Wildman–Crippen MR) is 96.4 cm³/mol. The first kappa shape index (κ1) is 17.1. The van der Waals surface area contributed by atoms with Crippen molar-refractivity contribution in [2.24, 2.45) is 0 Å². The van der Waals surface area contributed by atoms with Crippen molar-refractivity contribution in [3.05, 3.63) is 18.2 Å². The largest absolute Gasteiger partial charge is 0.448 e. The number of aryl methyl sites for hydroxylation is 1. The first-order valence-corrected chi connectivity index (χ1v) is 9.87. The molecule has 9 heteroatoms. The summed E-state index contributed by atoms with van der Waals surface area (Å²) in [5.41, 5.74) is 0.695. The maximum atomic E-state index is 12.2. The lowest BCUT2D eigenvalue weighted by Crippen LogP contribution is -2.40. The Morgan fingerprint density at radius 3 is 2.88 bits per heavy atom. The van der Waals surface area contributed by atoms with Gasteiger partial charge in [0, 0.05) is 31.1 Å². The zero-order valence-electron chi connectivity index (χ0n) is 14.6. The summed E-state index contributed by atoms with van der Waals surface area (Å²) in [7, 11) is 0. The van der Waals surface area contributed by atoms with E-state index >= 15 is 0 Å². The van der Waals surface area contributed by atoms with E-state index < -0.39 is 5.79 Å². The molecule has 26 heavy (non-hydrogen) atoms. The molecule has 1 aromatic carbocycles. The van der Waals surface area contributed by atoms with Crippen LogP contribution in [0.25, 0.3) is 0 Å². The normalized spacial score (nSPS) is 17.4. The molecule has 4 rings (SSSR count). The highest BCUT2D eigenvalue weighted by Crippen LogP contribution is 2.46. The Labute approximate surface area is 155 Å². The number of ether oxygens (including phenoxy) is 2. The lowest BCUT2D eigenvalue weighted by atomic mass is 9.94. The molecule has 1 aromatic heterocycles. The van der Waals surface area contributed by atoms with Gasteiger partial charge in [-0.25, -0.2) is 4.68 Å². The van der Waals surface area contributed by atoms with Crippen LogP contribution in [0, 0.1) is 0 Å². The highest BCUT2D eigenvalue weighted by atomic mass is 32.2. The quantitative estimate of drug-likeness (QED) is 0.804. The molecule has 0 bridgehead atoms. The van der Waals surface area contributed by atoms with Crippen molar-refractivity contribution in [3.63, 3.8) is 0 Å². The molecular formula is C17H21N5O3S. The molecule has 1 N–H and O–H groups in total. The van der Waals surface area contributed by atoms with Gasteiger partial charge < -0.3 is 14.8 Å². The summed E-state index contributed by atoms with van der Waals surface area (Å²) in [4.78, 5) is 12.2. The molecule has 0 atom stereocenters. The van der Waals surface area contributed by atoms with Gasteiger partial charge in [0.05, 0.1) is 5.75 Å². The molecule has 0 radical (unpaired) electrons. The van der Waals surface area contributed by atoms with Gasteiger partial charge in [-0.3, -0.25) is 4.79 Å². The minimum Gasteiger partial charge on any atom is -0.448 e. The van der Waals surface area contributed by atoms with E-state index in [2.05, 4.69) is 20.8 Å². The first-order valence-electron chi connectivity index (χ1n) is 8.88. The summed E-state index contributed by atoms with van der Waals surface area (Å²) in [5.74, 6) is 1.07. The van der Waals surface area contributed by atoms with Crippen LogP contribution >= 0.6 is 11.8 Å². The van der Waals surface area contributed by atoms with E-state index in [-0.39, 0.29) is 11.7 Å². The summed E-state index contributed by atoms with van der Waals surface area (Å²) in [6.07, 6.45) is 5.28. The van der Waals surface area contributed by atoms with E-state index in [0.717, 1.165) is 31.4 Å². The zero-order chi connectivity index (χ0) is 18.0. The number of carbonyl (C=O) groups is 1. The fourth-order valence-corrected chi connectivity index (χ4v) is 4.03. The van der Waals surface area contributed by atoms with E-state index in [1.54, 1.807) is 4.68 Å². The highest BCUT2D eigenvalue weighted by Gasteiger charge is 2.42. The number of thioether (sulfide) groups is 1. The Hall–Kier alpha value is -2.29. The van der Waals surface area contributed by atoms with Crippen molar-refractivity contribution in [1.29, 1.82) is 0 Å². The minimum absolute atomic E-state index is 0.119. The minimum atomic E-state index is -0.504. The topological polar surface area (TPSA) is 91.2 Å². The number of nitrogens with zero attached hydrogens (tertiary/aromatic N) is 4. The van der Waals surface area contributed by atoms with Crippen LogP contribution in [0.4, 0.5) is 5.69 Å². The van der Waals surface area contributed by atoms with Gasteiger partial charge in [0.25, 0.3) is 5.79 Å². The summed E-state index contributed by atoms with van der Waals surface area (Å²) >= 11 is 1.31. The van der Waals surface area contributed by atoms with Crippen molar-refractivity contribution in [1.82, 2.24) is 20.2 Å². The van der Waals surface area contributed by atoms with E-state index in [9.17, 15) is 4.79 Å². The summed E-state index contributed by atoms with van der Waals surface area (Å²) in [5, 5.41) is 14.9. The number of rotatable bonds is 5. The summed E-state index contributed by atoms with van der Waals surface area (Å²) in [6.45, 7) is 2.62. The third kappa shape index (κ3) is 3.48. The maximum absolute atomic E-state index is 12.2. The van der Waals surface area contributed by atoms with Crippen LogP contribution < -0.4 is 14.8 Å². The number of amides is 1. The Balaban J connectivity index is 1.36. The smallest absolute Gasteiger partial charge is 0.251 e. The molecular weight excluding hydrogens is 354 g/mol. The number of fused-ring (bicyclic) bond motifs is 1. The molecule has 0 saturated heterocycles. The third-order valence-electron chi connectivity index (χ3n) is 4.57. The average Bonchev–Trinajstić information content (AvgIpc) is 3.23. The van der Waals surface area contributed by atoms with Crippen LogP contribution in [-0.2, 0) is 11.3 Å². The van der Waals surface area contributed by atoms with Gasteiger partial charge in [-0.2, -0.15) is 0 Å². The van der Waals surface area contributed by atoms with Gasteiger partial charge in [0.15, 0.2) is 11.5 Å². The zero-order valence-corrected chi connectivity index (χ0v) is 15.4. The van der Waals surface area contributed by atoms with Crippen LogP contribution in [0.15, 0.2) is 23.4 Å². The average molecular weight is 375 g/mol. The second-order valence-electron chi connectivity index (χ2n) is 6.45. The van der Waals surface area contributed by atoms with Gasteiger partial charge >= 0.3 is 0 Å². The van der Waals surface area contributed by atoms with Gasteiger partial charge in [-0.15, -0.1) is 5.10 Å². The molecule has 0 unspecified atom stereocenters. The Morgan fingerprint density at radius 2 is 2.08 bits per heavy atom. The van der Waals surface area contributed by atoms with Crippen LogP contribution in [0.5, 0.6) is 11.5 Å². The number of nitrogens with one attached hydrogen (secondary N) is 1. The van der Waals surface area contributed by atoms with Gasteiger partial charge in [-0.05, 0) is 42.3 Å². The number of hydrogen-bond acceptors (Lipinski definition) is 7. The highest BCUT2D eigenvalue weighted by molar-refractivity contribution is 7.99. The van der Waals surface area contributed by atoms with Crippen molar-refractivity contribution in [2.75, 3.05) is 11.1 Å². The molecule has 8 nitrogen and oxygen atoms in total. The Kier molecular flexibility index (Phi) is 4.71. The molecule has 1 spiro atoms. The lowest BCUT2D eigenvalue weighted by molar-refractivity contribution is -0.113. The molecule has 1 fully saturated rings. The fraction of sp³-hybridized carbons (Fsp3) is 0.529. The predicted octanol–water partition coefficient (Wildman–Crippen LogP) is 2.86.